The van der Waals surface area contributed by atoms with Crippen molar-refractivity contribution in [2.24, 2.45) is 0 Å². The first kappa shape index (κ1) is 24.9. The molecule has 33 heavy (non-hydrogen) atoms. The lowest BCUT2D eigenvalue weighted by Crippen LogP contribution is -2.25. The van der Waals surface area contributed by atoms with Crippen LogP contribution in [0.15, 0.2) is 58.4 Å². The van der Waals surface area contributed by atoms with Crippen LogP contribution < -0.4 is 10.3 Å². The number of benzene rings is 2. The van der Waals surface area contributed by atoms with Gasteiger partial charge in [-0.15, -0.1) is 0 Å². The average Bonchev–Trinajstić information content (AvgIpc) is 2.73. The van der Waals surface area contributed by atoms with E-state index in [9.17, 15) is 22.7 Å². The second-order valence-corrected chi connectivity index (χ2v) is 10.7. The second kappa shape index (κ2) is 9.62. The summed E-state index contributed by atoms with van der Waals surface area (Å²) < 4.78 is 44.3. The maximum atomic E-state index is 14.0. The van der Waals surface area contributed by atoms with Crippen molar-refractivity contribution < 1.29 is 22.7 Å². The lowest BCUT2D eigenvalue weighted by Gasteiger charge is -2.17. The van der Waals surface area contributed by atoms with E-state index >= 15 is 0 Å². The molecule has 0 aliphatic heterocycles. The predicted molar refractivity (Wildman–Crippen MR) is 124 cm³/mol. The molecular formula is C23H24ClFN2O5S. The Labute approximate surface area is 196 Å². The highest BCUT2D eigenvalue weighted by atomic mass is 35.5. The van der Waals surface area contributed by atoms with E-state index in [1.165, 1.54) is 30.5 Å². The van der Waals surface area contributed by atoms with Crippen LogP contribution >= 0.6 is 11.6 Å². The van der Waals surface area contributed by atoms with Crippen molar-refractivity contribution in [3.63, 3.8) is 0 Å². The molecule has 0 spiro atoms. The highest BCUT2D eigenvalue weighted by Gasteiger charge is 2.18. The van der Waals surface area contributed by atoms with E-state index in [1.54, 1.807) is 26.0 Å². The highest BCUT2D eigenvalue weighted by Crippen LogP contribution is 2.28. The maximum Gasteiger partial charge on any atom is 0.314 e. The van der Waals surface area contributed by atoms with E-state index in [0.717, 1.165) is 17.0 Å². The Hall–Kier alpha value is -2.75. The SMILES string of the molecule is CC(C)(O)CCCOc1c(-c2ccc(S(C)(=O)=O)cc2)cnn(-c2ccc(Cl)c(F)c2)c1=O. The van der Waals surface area contributed by atoms with Crippen molar-refractivity contribution in [2.45, 2.75) is 37.2 Å². The molecule has 1 N–H and O–H groups in total. The number of hydrogen-bond acceptors (Lipinski definition) is 6. The van der Waals surface area contributed by atoms with Crippen LogP contribution in [-0.2, 0) is 9.84 Å². The Balaban J connectivity index is 2.05. The molecular weight excluding hydrogens is 471 g/mol. The molecule has 1 aromatic heterocycles. The topological polar surface area (TPSA) is 98.5 Å². The third-order valence-corrected chi connectivity index (χ3v) is 6.29. The summed E-state index contributed by atoms with van der Waals surface area (Å²) in [5.74, 6) is -0.723. The predicted octanol–water partition coefficient (Wildman–Crippen LogP) is 4.03. The molecule has 0 radical (unpaired) electrons. The van der Waals surface area contributed by atoms with Gasteiger partial charge in [-0.2, -0.15) is 9.78 Å². The van der Waals surface area contributed by atoms with Crippen molar-refractivity contribution >= 4 is 21.4 Å². The van der Waals surface area contributed by atoms with Gasteiger partial charge in [-0.3, -0.25) is 4.79 Å². The number of aromatic nitrogens is 2. The molecule has 0 aliphatic rings. The molecule has 3 aromatic rings. The van der Waals surface area contributed by atoms with Gasteiger partial charge in [0.15, 0.2) is 15.6 Å². The molecule has 10 heteroatoms. The highest BCUT2D eigenvalue weighted by molar-refractivity contribution is 7.90. The molecule has 2 aromatic carbocycles. The first-order valence-corrected chi connectivity index (χ1v) is 12.4. The number of halogens is 2. The Kier molecular flexibility index (Phi) is 7.26. The van der Waals surface area contributed by atoms with Gasteiger partial charge in [-0.25, -0.2) is 12.8 Å². The summed E-state index contributed by atoms with van der Waals surface area (Å²) in [5.41, 5.74) is -0.452. The van der Waals surface area contributed by atoms with E-state index in [0.29, 0.717) is 24.0 Å². The molecule has 0 saturated heterocycles. The number of nitrogens with zero attached hydrogens (tertiary/aromatic N) is 2. The molecule has 0 aliphatic carbocycles. The first-order chi connectivity index (χ1) is 15.4. The molecule has 1 heterocycles. The number of sulfone groups is 1. The van der Waals surface area contributed by atoms with Crippen LogP contribution in [0.1, 0.15) is 26.7 Å². The Morgan fingerprint density at radius 2 is 1.85 bits per heavy atom. The number of ether oxygens (including phenoxy) is 1. The van der Waals surface area contributed by atoms with Crippen LogP contribution in [-0.4, -0.2) is 41.8 Å². The molecule has 0 fully saturated rings. The van der Waals surface area contributed by atoms with Gasteiger partial charge in [-0.1, -0.05) is 23.7 Å². The summed E-state index contributed by atoms with van der Waals surface area (Å²) in [6, 6.07) is 9.85. The summed E-state index contributed by atoms with van der Waals surface area (Å²) in [4.78, 5) is 13.4. The smallest absolute Gasteiger partial charge is 0.314 e. The summed E-state index contributed by atoms with van der Waals surface area (Å²) in [7, 11) is -3.38. The normalized spacial score (nSPS) is 12.1. The van der Waals surface area contributed by atoms with Crippen LogP contribution in [0.4, 0.5) is 4.39 Å². The van der Waals surface area contributed by atoms with Crippen molar-refractivity contribution in [3.05, 3.63) is 69.9 Å². The Morgan fingerprint density at radius 1 is 1.18 bits per heavy atom. The maximum absolute atomic E-state index is 14.0. The van der Waals surface area contributed by atoms with Crippen molar-refractivity contribution in [1.82, 2.24) is 9.78 Å². The lowest BCUT2D eigenvalue weighted by molar-refractivity contribution is 0.0640. The average molecular weight is 495 g/mol. The minimum absolute atomic E-state index is 0.0248. The largest absolute Gasteiger partial charge is 0.487 e. The number of aliphatic hydroxyl groups is 1. The van der Waals surface area contributed by atoms with Crippen LogP contribution in [0, 0.1) is 5.82 Å². The zero-order chi connectivity index (χ0) is 24.4. The van der Waals surface area contributed by atoms with E-state index in [-0.39, 0.29) is 28.0 Å². The van der Waals surface area contributed by atoms with E-state index in [1.807, 2.05) is 0 Å². The molecule has 0 bridgehead atoms. The fourth-order valence-corrected chi connectivity index (χ4v) is 3.89. The summed E-state index contributed by atoms with van der Waals surface area (Å²) >= 11 is 5.74. The first-order valence-electron chi connectivity index (χ1n) is 10.1. The van der Waals surface area contributed by atoms with Crippen molar-refractivity contribution in [2.75, 3.05) is 12.9 Å². The van der Waals surface area contributed by atoms with Crippen LogP contribution in [0.2, 0.25) is 5.02 Å². The monoisotopic (exact) mass is 494 g/mol. The van der Waals surface area contributed by atoms with Crippen molar-refractivity contribution in [1.29, 1.82) is 0 Å². The van der Waals surface area contributed by atoms with E-state index in [2.05, 4.69) is 5.10 Å². The van der Waals surface area contributed by atoms with E-state index in [4.69, 9.17) is 16.3 Å². The third kappa shape index (κ3) is 6.19. The van der Waals surface area contributed by atoms with Gasteiger partial charge in [0.1, 0.15) is 5.82 Å². The summed E-state index contributed by atoms with van der Waals surface area (Å²) in [6.45, 7) is 3.50. The van der Waals surface area contributed by atoms with Gasteiger partial charge in [0.05, 0.1) is 34.0 Å². The number of rotatable bonds is 8. The van der Waals surface area contributed by atoms with Gasteiger partial charge in [0.2, 0.25) is 0 Å². The molecule has 0 saturated carbocycles. The molecule has 0 unspecified atom stereocenters. The molecule has 0 amide bonds. The molecule has 7 nitrogen and oxygen atoms in total. The minimum atomic E-state index is -3.38. The van der Waals surface area contributed by atoms with Gasteiger partial charge in [0.25, 0.3) is 0 Å². The summed E-state index contributed by atoms with van der Waals surface area (Å²) in [5, 5.41) is 14.0. The molecule has 176 valence electrons. The zero-order valence-corrected chi connectivity index (χ0v) is 20.0. The molecule has 3 rings (SSSR count). The zero-order valence-electron chi connectivity index (χ0n) is 18.4. The van der Waals surface area contributed by atoms with Crippen molar-refractivity contribution in [3.8, 4) is 22.6 Å². The van der Waals surface area contributed by atoms with Gasteiger partial charge in [0, 0.05) is 17.9 Å². The van der Waals surface area contributed by atoms with Gasteiger partial charge < -0.3 is 9.84 Å². The molecule has 0 atom stereocenters. The Morgan fingerprint density at radius 3 is 2.42 bits per heavy atom. The third-order valence-electron chi connectivity index (χ3n) is 4.85. The van der Waals surface area contributed by atoms with Crippen LogP contribution in [0.25, 0.3) is 16.8 Å². The fraction of sp³-hybridized carbons (Fsp3) is 0.304. The standard InChI is InChI=1S/C23H24ClFN2O5S/c1-23(2,29)11-4-12-32-21-18(15-5-8-17(9-6-15)33(3,30)31)14-26-27(22(21)28)16-7-10-19(24)20(25)13-16/h5-10,13-14,29H,4,11-12H2,1-3H3. The van der Waals surface area contributed by atoms with Gasteiger partial charge in [-0.05, 0) is 56.5 Å². The van der Waals surface area contributed by atoms with E-state index < -0.39 is 26.8 Å². The van der Waals surface area contributed by atoms with Crippen LogP contribution in [0.3, 0.4) is 0 Å². The quantitative estimate of drug-likeness (QED) is 0.475. The minimum Gasteiger partial charge on any atom is -0.487 e. The Bertz CT molecular complexity index is 1320. The second-order valence-electron chi connectivity index (χ2n) is 8.26. The van der Waals surface area contributed by atoms with Gasteiger partial charge >= 0.3 is 5.56 Å². The lowest BCUT2D eigenvalue weighted by atomic mass is 10.0. The van der Waals surface area contributed by atoms with Crippen LogP contribution in [0.5, 0.6) is 5.75 Å². The fourth-order valence-electron chi connectivity index (χ4n) is 3.14. The summed E-state index contributed by atoms with van der Waals surface area (Å²) in [6.07, 6.45) is 3.43. The number of hydrogen-bond donors (Lipinski definition) is 1.